The molecule has 32 heavy (non-hydrogen) atoms. The van der Waals surface area contributed by atoms with Crippen molar-refractivity contribution >= 4 is 21.9 Å². The maximum atomic E-state index is 12.7. The van der Waals surface area contributed by atoms with Gasteiger partial charge in [-0.3, -0.25) is 9.88 Å². The summed E-state index contributed by atoms with van der Waals surface area (Å²) < 4.78 is 1.34. The van der Waals surface area contributed by atoms with Gasteiger partial charge in [0.2, 0.25) is 0 Å². The zero-order chi connectivity index (χ0) is 22.2. The highest BCUT2D eigenvalue weighted by Gasteiger charge is 2.27. The van der Waals surface area contributed by atoms with Crippen molar-refractivity contribution in [3.8, 4) is 11.5 Å². The zero-order valence-electron chi connectivity index (χ0n) is 18.5. The first kappa shape index (κ1) is 21.2. The van der Waals surface area contributed by atoms with E-state index in [2.05, 4.69) is 31.8 Å². The fraction of sp³-hybridized carbons (Fsp3) is 0.591. The second-order valence-electron chi connectivity index (χ2n) is 9.02. The summed E-state index contributed by atoms with van der Waals surface area (Å²) in [7, 11) is 2.19. The lowest BCUT2D eigenvalue weighted by molar-refractivity contribution is -0.746. The average Bonchev–Trinajstić information content (AvgIpc) is 3.15. The molecule has 2 aromatic heterocycles. The van der Waals surface area contributed by atoms with Crippen molar-refractivity contribution in [2.24, 2.45) is 0 Å². The Morgan fingerprint density at radius 1 is 1.09 bits per heavy atom. The molecule has 0 spiro atoms. The number of aromatic nitrogens is 4. The SMILES string of the molecule is CN1CCC(N2CCN(CCCn3c4c(O)c5ncccc5c([O-])c4n[n+]3[O-])CC2)CC1. The van der Waals surface area contributed by atoms with Gasteiger partial charge in [0.1, 0.15) is 5.52 Å². The third kappa shape index (κ3) is 3.82. The predicted octanol–water partition coefficient (Wildman–Crippen LogP) is 0.0990. The summed E-state index contributed by atoms with van der Waals surface area (Å²) in [4.78, 5) is 12.0. The second kappa shape index (κ2) is 8.68. The molecule has 2 aliphatic rings. The normalized spacial score (nSPS) is 19.9. The molecule has 10 heteroatoms. The number of aryl methyl sites for hydroxylation is 1. The molecule has 0 bridgehead atoms. The van der Waals surface area contributed by atoms with Gasteiger partial charge in [0, 0.05) is 55.0 Å². The van der Waals surface area contributed by atoms with Crippen LogP contribution in [0.25, 0.3) is 21.9 Å². The highest BCUT2D eigenvalue weighted by molar-refractivity contribution is 6.05. The predicted molar refractivity (Wildman–Crippen MR) is 118 cm³/mol. The van der Waals surface area contributed by atoms with Crippen molar-refractivity contribution < 1.29 is 15.2 Å². The topological polar surface area (TPSA) is 111 Å². The van der Waals surface area contributed by atoms with E-state index in [0.717, 1.165) is 39.1 Å². The Balaban J connectivity index is 1.22. The van der Waals surface area contributed by atoms with Crippen molar-refractivity contribution in [2.45, 2.75) is 31.8 Å². The third-order valence-electron chi connectivity index (χ3n) is 7.05. The summed E-state index contributed by atoms with van der Waals surface area (Å²) in [6, 6.07) is 3.92. The van der Waals surface area contributed by atoms with Crippen LogP contribution in [0, 0.1) is 5.21 Å². The molecule has 0 atom stereocenters. The van der Waals surface area contributed by atoms with Crippen molar-refractivity contribution in [2.75, 3.05) is 52.9 Å². The molecule has 2 aliphatic heterocycles. The number of piperazine rings is 1. The van der Waals surface area contributed by atoms with Gasteiger partial charge >= 0.3 is 0 Å². The van der Waals surface area contributed by atoms with Gasteiger partial charge in [-0.15, -0.1) is 4.68 Å². The Hall–Kier alpha value is -2.69. The van der Waals surface area contributed by atoms with Crippen LogP contribution >= 0.6 is 0 Å². The molecule has 0 saturated carbocycles. The van der Waals surface area contributed by atoms with Crippen LogP contribution in [0.3, 0.4) is 0 Å². The Bertz CT molecular complexity index is 1100. The molecular formula is C22H30N7O3-. The van der Waals surface area contributed by atoms with E-state index in [9.17, 15) is 15.4 Å². The number of piperidine rings is 1. The van der Waals surface area contributed by atoms with Crippen LogP contribution < -0.4 is 10.1 Å². The molecule has 3 aromatic rings. The molecule has 1 aromatic carbocycles. The van der Waals surface area contributed by atoms with E-state index in [1.165, 1.54) is 36.8 Å². The van der Waals surface area contributed by atoms with Gasteiger partial charge in [-0.2, -0.15) is 0 Å². The molecule has 0 aliphatic carbocycles. The lowest BCUT2D eigenvalue weighted by atomic mass is 10.0. The van der Waals surface area contributed by atoms with Gasteiger partial charge in [-0.1, -0.05) is 11.8 Å². The van der Waals surface area contributed by atoms with E-state index in [1.807, 2.05) is 0 Å². The number of rotatable bonds is 5. The number of hydrogen-bond donors (Lipinski definition) is 1. The fourth-order valence-electron chi connectivity index (χ4n) is 5.15. The van der Waals surface area contributed by atoms with Gasteiger partial charge < -0.3 is 25.2 Å². The standard InChI is InChI=1S/C22H31N7O3/c1-25-10-5-16(6-11-25)27-14-12-26(13-15-27)8-3-9-28-20-19(24-29(28)32)21(30)17-4-2-7-23-18(17)22(20)31/h2,4,7,16,30-31H,3,5-6,8-15H2,1H3/p-1. The Morgan fingerprint density at radius 3 is 2.59 bits per heavy atom. The maximum absolute atomic E-state index is 12.7. The van der Waals surface area contributed by atoms with Crippen LogP contribution in [0.5, 0.6) is 11.5 Å². The van der Waals surface area contributed by atoms with Crippen molar-refractivity contribution in [1.82, 2.24) is 29.5 Å². The Labute approximate surface area is 186 Å². The summed E-state index contributed by atoms with van der Waals surface area (Å²) in [5, 5.41) is 40.0. The molecule has 10 nitrogen and oxygen atoms in total. The molecule has 172 valence electrons. The molecular weight excluding hydrogens is 410 g/mol. The third-order valence-corrected chi connectivity index (χ3v) is 7.05. The van der Waals surface area contributed by atoms with Crippen LogP contribution in [0.1, 0.15) is 19.3 Å². The van der Waals surface area contributed by atoms with Gasteiger partial charge in [-0.05, 0) is 50.9 Å². The molecule has 1 N–H and O–H groups in total. The van der Waals surface area contributed by atoms with Gasteiger partial charge in [0.15, 0.2) is 16.8 Å². The lowest BCUT2D eigenvalue weighted by Crippen LogP contribution is -2.53. The number of pyridine rings is 1. The van der Waals surface area contributed by atoms with Crippen LogP contribution in [-0.2, 0) is 6.54 Å². The molecule has 0 unspecified atom stereocenters. The van der Waals surface area contributed by atoms with Crippen molar-refractivity contribution in [3.05, 3.63) is 23.5 Å². The summed E-state index contributed by atoms with van der Waals surface area (Å²) in [6.07, 6.45) is 4.76. The minimum atomic E-state index is -0.380. The summed E-state index contributed by atoms with van der Waals surface area (Å²) in [5.74, 6) is -0.543. The molecule has 2 saturated heterocycles. The van der Waals surface area contributed by atoms with Gasteiger partial charge in [0.25, 0.3) is 0 Å². The fourth-order valence-corrected chi connectivity index (χ4v) is 5.15. The number of benzene rings is 1. The zero-order valence-corrected chi connectivity index (χ0v) is 18.5. The first-order valence-electron chi connectivity index (χ1n) is 11.4. The van der Waals surface area contributed by atoms with E-state index in [1.54, 1.807) is 12.1 Å². The Morgan fingerprint density at radius 2 is 1.84 bits per heavy atom. The van der Waals surface area contributed by atoms with Gasteiger partial charge in [0.05, 0.1) is 6.54 Å². The van der Waals surface area contributed by atoms with E-state index < -0.39 is 0 Å². The molecule has 0 radical (unpaired) electrons. The minimum absolute atomic E-state index is 0.00950. The first-order chi connectivity index (χ1) is 15.5. The molecule has 4 heterocycles. The highest BCUT2D eigenvalue weighted by atomic mass is 16.5. The minimum Gasteiger partial charge on any atom is -0.870 e. The Kier molecular flexibility index (Phi) is 5.75. The quantitative estimate of drug-likeness (QED) is 0.439. The number of likely N-dealkylation sites (tertiary alicyclic amines) is 1. The first-order valence-corrected chi connectivity index (χ1v) is 11.4. The number of aromatic hydroxyl groups is 1. The molecule has 0 amide bonds. The lowest BCUT2D eigenvalue weighted by Gasteiger charge is -2.42. The summed E-state index contributed by atoms with van der Waals surface area (Å²) in [5.41, 5.74) is 0.366. The van der Waals surface area contributed by atoms with E-state index in [-0.39, 0.29) is 33.4 Å². The number of nitrogens with zero attached hydrogens (tertiary/aromatic N) is 7. The van der Waals surface area contributed by atoms with Crippen molar-refractivity contribution in [3.63, 3.8) is 0 Å². The van der Waals surface area contributed by atoms with Crippen LogP contribution in [0.4, 0.5) is 0 Å². The smallest absolute Gasteiger partial charge is 0.178 e. The monoisotopic (exact) mass is 440 g/mol. The van der Waals surface area contributed by atoms with E-state index in [0.29, 0.717) is 17.5 Å². The average molecular weight is 441 g/mol. The van der Waals surface area contributed by atoms with Crippen LogP contribution in [0.2, 0.25) is 0 Å². The highest BCUT2D eigenvalue weighted by Crippen LogP contribution is 2.37. The molecule has 2 fully saturated rings. The number of phenols is 1. The maximum Gasteiger partial charge on any atom is 0.178 e. The van der Waals surface area contributed by atoms with E-state index in [4.69, 9.17) is 0 Å². The summed E-state index contributed by atoms with van der Waals surface area (Å²) >= 11 is 0. The number of fused-ring (bicyclic) bond motifs is 2. The largest absolute Gasteiger partial charge is 0.870 e. The number of phenolic OH excluding ortho intramolecular Hbond substituents is 1. The van der Waals surface area contributed by atoms with Crippen molar-refractivity contribution in [1.29, 1.82) is 0 Å². The second-order valence-corrected chi connectivity index (χ2v) is 9.02. The number of hydrogen-bond acceptors (Lipinski definition) is 8. The van der Waals surface area contributed by atoms with E-state index >= 15 is 0 Å². The molecule has 5 rings (SSSR count). The van der Waals surface area contributed by atoms with Gasteiger partial charge in [-0.25, -0.2) is 0 Å². The van der Waals surface area contributed by atoms with Crippen LogP contribution in [-0.4, -0.2) is 93.5 Å². The summed E-state index contributed by atoms with van der Waals surface area (Å²) in [6.45, 7) is 7.82. The van der Waals surface area contributed by atoms with Crippen LogP contribution in [0.15, 0.2) is 18.3 Å².